The van der Waals surface area contributed by atoms with Crippen LogP contribution in [-0.4, -0.2) is 33.1 Å². The molecule has 1 saturated carbocycles. The van der Waals surface area contributed by atoms with E-state index in [-0.39, 0.29) is 16.6 Å². The molecule has 0 N–H and O–H groups in total. The van der Waals surface area contributed by atoms with Crippen LogP contribution >= 0.6 is 0 Å². The Balaban J connectivity index is 2.36. The van der Waals surface area contributed by atoms with Crippen molar-refractivity contribution in [1.82, 2.24) is 0 Å². The average molecular weight is 319 g/mol. The molecule has 1 fully saturated rings. The molecule has 0 bridgehead atoms. The van der Waals surface area contributed by atoms with Crippen molar-refractivity contribution in [3.05, 3.63) is 0 Å². The van der Waals surface area contributed by atoms with Gasteiger partial charge in [-0.05, 0) is 41.9 Å². The third-order valence-corrected chi connectivity index (χ3v) is 5.79. The highest BCUT2D eigenvalue weighted by atomic mass is 32.2. The van der Waals surface area contributed by atoms with E-state index in [1.54, 1.807) is 0 Å². The number of rotatable bonds is 8. The first-order chi connectivity index (χ1) is 9.41. The number of hydrogen-bond donors (Lipinski definition) is 0. The van der Waals surface area contributed by atoms with Gasteiger partial charge in [0.1, 0.15) is 0 Å². The van der Waals surface area contributed by atoms with Crippen molar-refractivity contribution in [2.45, 2.75) is 60.8 Å². The molecule has 21 heavy (non-hydrogen) atoms. The Morgan fingerprint density at radius 2 is 1.67 bits per heavy atom. The van der Waals surface area contributed by atoms with E-state index in [1.165, 1.54) is 12.8 Å². The van der Waals surface area contributed by atoms with Gasteiger partial charge in [0.25, 0.3) is 0 Å². The summed E-state index contributed by atoms with van der Waals surface area (Å²) in [6, 6.07) is 0. The Bertz CT molecular complexity index is 408. The molecule has 0 aliphatic heterocycles. The van der Waals surface area contributed by atoms with Gasteiger partial charge in [-0.25, -0.2) is 8.42 Å². The normalized spacial score (nSPS) is 18.8. The minimum Gasteiger partial charge on any atom is -0.381 e. The molecule has 1 rings (SSSR count). The van der Waals surface area contributed by atoms with Crippen molar-refractivity contribution in [2.24, 2.45) is 22.7 Å². The monoisotopic (exact) mass is 318 g/mol. The molecule has 0 aromatic heterocycles. The minimum absolute atomic E-state index is 0.0803. The molecule has 0 amide bonds. The van der Waals surface area contributed by atoms with E-state index in [1.807, 2.05) is 0 Å². The van der Waals surface area contributed by atoms with Crippen LogP contribution in [0.5, 0.6) is 0 Å². The Hall–Kier alpha value is -0.0900. The van der Waals surface area contributed by atoms with Crippen LogP contribution in [0.2, 0.25) is 0 Å². The van der Waals surface area contributed by atoms with E-state index in [0.717, 1.165) is 0 Å². The summed E-state index contributed by atoms with van der Waals surface area (Å²) in [7, 11) is -2.96. The van der Waals surface area contributed by atoms with Crippen LogP contribution in [-0.2, 0) is 14.6 Å². The maximum absolute atomic E-state index is 12.3. The second-order valence-electron chi connectivity index (χ2n) is 8.89. The number of hydrogen-bond acceptors (Lipinski definition) is 3. The fraction of sp³-hybridized carbons (Fsp3) is 1.00. The summed E-state index contributed by atoms with van der Waals surface area (Å²) in [5.41, 5.74) is 0.221. The Morgan fingerprint density at radius 1 is 1.10 bits per heavy atom. The topological polar surface area (TPSA) is 43.4 Å². The molecule has 1 aliphatic carbocycles. The zero-order valence-electron chi connectivity index (χ0n) is 14.7. The highest BCUT2D eigenvalue weighted by Crippen LogP contribution is 2.46. The van der Waals surface area contributed by atoms with E-state index in [4.69, 9.17) is 4.74 Å². The predicted octanol–water partition coefficient (Wildman–Crippen LogP) is 3.93. The summed E-state index contributed by atoms with van der Waals surface area (Å²) in [5.74, 6) is 1.53. The smallest absolute Gasteiger partial charge is 0.150 e. The van der Waals surface area contributed by atoms with E-state index in [0.29, 0.717) is 37.2 Å². The van der Waals surface area contributed by atoms with Crippen molar-refractivity contribution >= 4 is 9.84 Å². The van der Waals surface area contributed by atoms with Gasteiger partial charge in [0.05, 0.1) is 18.1 Å². The predicted molar refractivity (Wildman–Crippen MR) is 89.2 cm³/mol. The van der Waals surface area contributed by atoms with Crippen molar-refractivity contribution in [1.29, 1.82) is 0 Å². The van der Waals surface area contributed by atoms with Crippen molar-refractivity contribution in [2.75, 3.05) is 24.7 Å². The Kier molecular flexibility index (Phi) is 6.31. The van der Waals surface area contributed by atoms with Gasteiger partial charge in [0.15, 0.2) is 9.84 Å². The lowest BCUT2D eigenvalue weighted by Gasteiger charge is -2.30. The maximum Gasteiger partial charge on any atom is 0.150 e. The van der Waals surface area contributed by atoms with Gasteiger partial charge in [-0.2, -0.15) is 0 Å². The molecular formula is C17H34O3S. The number of sulfone groups is 1. The van der Waals surface area contributed by atoms with Crippen LogP contribution in [0.1, 0.15) is 60.8 Å². The summed E-state index contributed by atoms with van der Waals surface area (Å²) < 4.78 is 30.2. The molecular weight excluding hydrogens is 284 g/mol. The standard InChI is InChI=1S/C17H34O3S/c1-16(2,3)13-20-10-7-11-21(18,19)12-15(14-8-9-14)17(4,5)6/h14-15H,7-13H2,1-6H3/t15-/m1/s1. The molecule has 3 nitrogen and oxygen atoms in total. The molecule has 0 spiro atoms. The second kappa shape index (κ2) is 6.99. The van der Waals surface area contributed by atoms with Gasteiger partial charge < -0.3 is 4.74 Å². The lowest BCUT2D eigenvalue weighted by molar-refractivity contribution is 0.0720. The average Bonchev–Trinajstić information content (AvgIpc) is 3.06. The highest BCUT2D eigenvalue weighted by molar-refractivity contribution is 7.91. The third kappa shape index (κ3) is 8.20. The molecule has 0 saturated heterocycles. The van der Waals surface area contributed by atoms with Crippen molar-refractivity contribution in [3.8, 4) is 0 Å². The maximum atomic E-state index is 12.3. The van der Waals surface area contributed by atoms with Gasteiger partial charge in [-0.15, -0.1) is 0 Å². The van der Waals surface area contributed by atoms with Crippen LogP contribution in [0.3, 0.4) is 0 Å². The van der Waals surface area contributed by atoms with Crippen LogP contribution in [0.4, 0.5) is 0 Å². The lowest BCUT2D eigenvalue weighted by Crippen LogP contribution is -2.31. The SMILES string of the molecule is CC(C)(C)COCCCS(=O)(=O)C[C@H](C1CC1)C(C)(C)C. The summed E-state index contributed by atoms with van der Waals surface area (Å²) in [6.45, 7) is 14.1. The van der Waals surface area contributed by atoms with Gasteiger partial charge >= 0.3 is 0 Å². The van der Waals surface area contributed by atoms with E-state index in [9.17, 15) is 8.42 Å². The summed E-state index contributed by atoms with van der Waals surface area (Å²) in [5, 5.41) is 0. The minimum atomic E-state index is -2.96. The molecule has 0 radical (unpaired) electrons. The molecule has 1 atom stereocenters. The second-order valence-corrected chi connectivity index (χ2v) is 11.1. The van der Waals surface area contributed by atoms with Gasteiger partial charge in [0, 0.05) is 6.61 Å². The van der Waals surface area contributed by atoms with E-state index >= 15 is 0 Å². The number of ether oxygens (including phenoxy) is 1. The Morgan fingerprint density at radius 3 is 2.10 bits per heavy atom. The van der Waals surface area contributed by atoms with Crippen LogP contribution < -0.4 is 0 Å². The van der Waals surface area contributed by atoms with Crippen molar-refractivity contribution in [3.63, 3.8) is 0 Å². The third-order valence-electron chi connectivity index (χ3n) is 4.02. The molecule has 126 valence electrons. The first kappa shape index (κ1) is 19.0. The lowest BCUT2D eigenvalue weighted by atomic mass is 9.79. The van der Waals surface area contributed by atoms with Crippen LogP contribution in [0, 0.1) is 22.7 Å². The van der Waals surface area contributed by atoms with Gasteiger partial charge in [-0.1, -0.05) is 41.5 Å². The summed E-state index contributed by atoms with van der Waals surface area (Å²) in [6.07, 6.45) is 3.01. The molecule has 0 aromatic rings. The van der Waals surface area contributed by atoms with Crippen LogP contribution in [0.15, 0.2) is 0 Å². The zero-order chi connectivity index (χ0) is 16.3. The first-order valence-electron chi connectivity index (χ1n) is 8.19. The fourth-order valence-corrected chi connectivity index (χ4v) is 4.75. The molecule has 0 aromatic carbocycles. The van der Waals surface area contributed by atoms with Crippen LogP contribution in [0.25, 0.3) is 0 Å². The molecule has 0 heterocycles. The molecule has 4 heteroatoms. The highest BCUT2D eigenvalue weighted by Gasteiger charge is 2.40. The Labute approximate surface area is 131 Å². The fourth-order valence-electron chi connectivity index (χ4n) is 2.71. The first-order valence-corrected chi connectivity index (χ1v) is 10.0. The van der Waals surface area contributed by atoms with Crippen molar-refractivity contribution < 1.29 is 13.2 Å². The summed E-state index contributed by atoms with van der Waals surface area (Å²) in [4.78, 5) is 0. The summed E-state index contributed by atoms with van der Waals surface area (Å²) >= 11 is 0. The van der Waals surface area contributed by atoms with Gasteiger partial charge in [0.2, 0.25) is 0 Å². The quantitative estimate of drug-likeness (QED) is 0.637. The van der Waals surface area contributed by atoms with E-state index in [2.05, 4.69) is 41.5 Å². The van der Waals surface area contributed by atoms with E-state index < -0.39 is 9.84 Å². The zero-order valence-corrected chi connectivity index (χ0v) is 15.6. The molecule has 1 aliphatic rings. The largest absolute Gasteiger partial charge is 0.381 e. The van der Waals surface area contributed by atoms with Gasteiger partial charge in [-0.3, -0.25) is 0 Å². The molecule has 0 unspecified atom stereocenters.